The van der Waals surface area contributed by atoms with Gasteiger partial charge >= 0.3 is 5.97 Å². The Hall–Kier alpha value is -4.92. The van der Waals surface area contributed by atoms with Crippen LogP contribution in [-0.2, 0) is 51.1 Å². The Morgan fingerprint density at radius 2 is 1.20 bits per heavy atom. The third-order valence-corrected chi connectivity index (χ3v) is 11.7. The fourth-order valence-electron chi connectivity index (χ4n) is 7.29. The van der Waals surface area contributed by atoms with Crippen molar-refractivity contribution in [2.75, 3.05) is 26.1 Å². The largest absolute Gasteiger partial charge is 0.452 e. The molecule has 8 atom stereocenters. The van der Waals surface area contributed by atoms with Gasteiger partial charge in [-0.25, -0.2) is 0 Å². The molecule has 1 aliphatic heterocycles. The smallest absolute Gasteiger partial charge is 0.311 e. The summed E-state index contributed by atoms with van der Waals surface area (Å²) in [6.07, 6.45) is 2.25. The van der Waals surface area contributed by atoms with Crippen LogP contribution in [0.3, 0.4) is 0 Å². The first-order chi connectivity index (χ1) is 28.9. The third kappa shape index (κ3) is 14.9. The Bertz CT molecular complexity index is 1780. The number of carbonyl (C=O) groups excluding carboxylic acids is 7. The summed E-state index contributed by atoms with van der Waals surface area (Å²) in [6.45, 7) is 12.4. The lowest BCUT2D eigenvalue weighted by Gasteiger charge is -2.35. The zero-order chi connectivity index (χ0) is 45.4. The number of likely N-dealkylation sites (N-methyl/N-ethyl adjacent to an activating group) is 2. The first-order valence-electron chi connectivity index (χ1n) is 21.4. The highest BCUT2D eigenvalue weighted by Gasteiger charge is 2.40. The SMILES string of the molecule is CCC[C@H]1NC(=O)[C@H](C)NC(=O)[C@H](CC(C)C)N(C)C(=O)[C@H](Cc2ccccc2)NC(=O)[C@H](CCSC)NC(=O)[C@@H](Cc2ccccc2)N(C)C(=O)[C@@H](C(C)C)OC(=O)[C@H]1C. The molecule has 0 radical (unpaired) electrons. The molecule has 0 unspecified atom stereocenters. The summed E-state index contributed by atoms with van der Waals surface area (Å²) < 4.78 is 5.95. The number of benzene rings is 2. The molecule has 3 rings (SSSR count). The molecule has 1 fully saturated rings. The molecule has 1 heterocycles. The standard InChI is InChI=1S/C46H68N6O8S/c1-11-18-34-30(6)46(59)60-39(29(4)5)45(58)52(9)38(27-33-21-16-13-17-22-33)43(56)49-35(23-24-61-10)41(54)50-36(26-32-19-14-12-15-20-32)44(57)51(8)37(25-28(2)3)42(55)47-31(7)40(53)48-34/h12-17,19-22,28-31,34-39H,11,18,23-27H2,1-10H3,(H,47,55)(H,48,53)(H,49,56)(H,50,54)/t30-,31-,34+,35-,36-,37-,38+,39+/m0/s1. The highest BCUT2D eigenvalue weighted by molar-refractivity contribution is 7.98. The van der Waals surface area contributed by atoms with E-state index in [9.17, 15) is 33.6 Å². The van der Waals surface area contributed by atoms with Gasteiger partial charge in [-0.3, -0.25) is 33.6 Å². The van der Waals surface area contributed by atoms with Crippen LogP contribution in [0.15, 0.2) is 60.7 Å². The summed E-state index contributed by atoms with van der Waals surface area (Å²) >= 11 is 1.48. The molecule has 2 aromatic carbocycles. The molecule has 61 heavy (non-hydrogen) atoms. The van der Waals surface area contributed by atoms with Crippen LogP contribution in [0.25, 0.3) is 0 Å². The average molecular weight is 865 g/mol. The molecule has 0 bridgehead atoms. The predicted molar refractivity (Wildman–Crippen MR) is 238 cm³/mol. The number of hydrogen-bond acceptors (Lipinski definition) is 9. The summed E-state index contributed by atoms with van der Waals surface area (Å²) in [6, 6.07) is 12.2. The van der Waals surface area contributed by atoms with Gasteiger partial charge in [0.05, 0.1) is 5.92 Å². The van der Waals surface area contributed by atoms with Crippen LogP contribution in [0.2, 0.25) is 0 Å². The molecule has 0 spiro atoms. The second-order valence-corrected chi connectivity index (χ2v) is 17.9. The highest BCUT2D eigenvalue weighted by atomic mass is 32.2. The number of thioether (sulfide) groups is 1. The van der Waals surface area contributed by atoms with Crippen molar-refractivity contribution in [3.05, 3.63) is 71.8 Å². The molecular weight excluding hydrogens is 797 g/mol. The second-order valence-electron chi connectivity index (χ2n) is 16.9. The lowest BCUT2D eigenvalue weighted by molar-refractivity contribution is -0.168. The maximum absolute atomic E-state index is 14.6. The van der Waals surface area contributed by atoms with Crippen LogP contribution >= 0.6 is 11.8 Å². The lowest BCUT2D eigenvalue weighted by Crippen LogP contribution is -2.60. The average Bonchev–Trinajstić information content (AvgIpc) is 3.23. The molecular formula is C46H68N6O8S. The number of amides is 6. The van der Waals surface area contributed by atoms with E-state index in [0.717, 1.165) is 11.1 Å². The number of esters is 1. The zero-order valence-corrected chi connectivity index (χ0v) is 38.4. The van der Waals surface area contributed by atoms with E-state index in [2.05, 4.69) is 21.3 Å². The maximum atomic E-state index is 14.6. The fraction of sp³-hybridized carbons (Fsp3) is 0.587. The molecule has 4 N–H and O–H groups in total. The Morgan fingerprint density at radius 3 is 1.74 bits per heavy atom. The van der Waals surface area contributed by atoms with E-state index in [4.69, 9.17) is 4.74 Å². The molecule has 15 heteroatoms. The van der Waals surface area contributed by atoms with Gasteiger partial charge in [0.25, 0.3) is 5.91 Å². The van der Waals surface area contributed by atoms with Crippen molar-refractivity contribution in [2.24, 2.45) is 17.8 Å². The number of ether oxygens (including phenoxy) is 1. The van der Waals surface area contributed by atoms with Gasteiger partial charge in [-0.05, 0) is 68.1 Å². The summed E-state index contributed by atoms with van der Waals surface area (Å²) in [5, 5.41) is 11.5. The predicted octanol–water partition coefficient (Wildman–Crippen LogP) is 3.90. The van der Waals surface area contributed by atoms with E-state index >= 15 is 0 Å². The summed E-state index contributed by atoms with van der Waals surface area (Å²) in [4.78, 5) is 102. The zero-order valence-electron chi connectivity index (χ0n) is 37.6. The summed E-state index contributed by atoms with van der Waals surface area (Å²) in [5.41, 5.74) is 1.51. The van der Waals surface area contributed by atoms with Crippen molar-refractivity contribution < 1.29 is 38.3 Å². The van der Waals surface area contributed by atoms with Crippen molar-refractivity contribution in [3.63, 3.8) is 0 Å². The number of hydrogen-bond donors (Lipinski definition) is 4. The van der Waals surface area contributed by atoms with Gasteiger partial charge in [0, 0.05) is 33.0 Å². The van der Waals surface area contributed by atoms with E-state index in [1.165, 1.54) is 42.6 Å². The van der Waals surface area contributed by atoms with E-state index in [-0.39, 0.29) is 31.6 Å². The van der Waals surface area contributed by atoms with Gasteiger partial charge in [0.1, 0.15) is 30.2 Å². The molecule has 336 valence electrons. The topological polar surface area (TPSA) is 183 Å². The van der Waals surface area contributed by atoms with Gasteiger partial charge in [0.2, 0.25) is 29.5 Å². The monoisotopic (exact) mass is 864 g/mol. The van der Waals surface area contributed by atoms with Crippen LogP contribution in [0.1, 0.15) is 85.3 Å². The number of rotatable bonds is 12. The number of nitrogens with zero attached hydrogens (tertiary/aromatic N) is 2. The first kappa shape index (κ1) is 50.4. The van der Waals surface area contributed by atoms with Crippen molar-refractivity contribution in [2.45, 2.75) is 129 Å². The minimum atomic E-state index is -1.28. The summed E-state index contributed by atoms with van der Waals surface area (Å²) in [5.74, 6) is -5.11. The van der Waals surface area contributed by atoms with Crippen LogP contribution in [0.4, 0.5) is 0 Å². The Balaban J connectivity index is 2.20. The van der Waals surface area contributed by atoms with Gasteiger partial charge < -0.3 is 35.8 Å². The maximum Gasteiger partial charge on any atom is 0.311 e. The molecule has 6 amide bonds. The van der Waals surface area contributed by atoms with E-state index in [1.807, 2.05) is 87.7 Å². The first-order valence-corrected chi connectivity index (χ1v) is 22.8. The summed E-state index contributed by atoms with van der Waals surface area (Å²) in [7, 11) is 2.98. The highest BCUT2D eigenvalue weighted by Crippen LogP contribution is 2.21. The van der Waals surface area contributed by atoms with Gasteiger partial charge in [-0.2, -0.15) is 11.8 Å². The number of carbonyl (C=O) groups is 7. The Morgan fingerprint density at radius 1 is 0.656 bits per heavy atom. The van der Waals surface area contributed by atoms with Crippen LogP contribution in [0, 0.1) is 17.8 Å². The van der Waals surface area contributed by atoms with Crippen molar-refractivity contribution in [1.29, 1.82) is 0 Å². The van der Waals surface area contributed by atoms with Crippen LogP contribution in [0.5, 0.6) is 0 Å². The molecule has 0 saturated carbocycles. The van der Waals surface area contributed by atoms with Gasteiger partial charge in [-0.15, -0.1) is 0 Å². The second kappa shape index (κ2) is 24.5. The van der Waals surface area contributed by atoms with Crippen LogP contribution < -0.4 is 21.3 Å². The van der Waals surface area contributed by atoms with Crippen LogP contribution in [-0.4, -0.2) is 120 Å². The molecule has 0 aromatic heterocycles. The van der Waals surface area contributed by atoms with Gasteiger partial charge in [-0.1, -0.05) is 102 Å². The minimum Gasteiger partial charge on any atom is -0.452 e. The minimum absolute atomic E-state index is 0.0358. The van der Waals surface area contributed by atoms with E-state index < -0.39 is 95.6 Å². The molecule has 14 nitrogen and oxygen atoms in total. The molecule has 1 saturated heterocycles. The van der Waals surface area contributed by atoms with E-state index in [1.54, 1.807) is 20.8 Å². The molecule has 1 aliphatic rings. The van der Waals surface area contributed by atoms with Crippen molar-refractivity contribution in [1.82, 2.24) is 31.1 Å². The van der Waals surface area contributed by atoms with Crippen molar-refractivity contribution in [3.8, 4) is 0 Å². The number of cyclic esters (lactones) is 1. The normalized spacial score (nSPS) is 25.9. The molecule has 2 aromatic rings. The fourth-order valence-corrected chi connectivity index (χ4v) is 7.76. The van der Waals surface area contributed by atoms with E-state index in [0.29, 0.717) is 18.6 Å². The van der Waals surface area contributed by atoms with Gasteiger partial charge in [0.15, 0.2) is 6.10 Å². The van der Waals surface area contributed by atoms with Crippen molar-refractivity contribution >= 4 is 53.2 Å². The Kier molecular flexibility index (Phi) is 20.3. The molecule has 0 aliphatic carbocycles. The third-order valence-electron chi connectivity index (χ3n) is 11.1. The lowest BCUT2D eigenvalue weighted by atomic mass is 9.96. The Labute approximate surface area is 366 Å². The number of nitrogens with one attached hydrogen (secondary N) is 4. The quantitative estimate of drug-likeness (QED) is 0.230.